The molecule has 0 radical (unpaired) electrons. The van der Waals surface area contributed by atoms with Gasteiger partial charge in [-0.05, 0) is 0 Å². The van der Waals surface area contributed by atoms with Gasteiger partial charge in [-0.3, -0.25) is 9.59 Å². The third kappa shape index (κ3) is 11.2. The minimum absolute atomic E-state index is 0. The summed E-state index contributed by atoms with van der Waals surface area (Å²) in [6.07, 6.45) is 0.904. The van der Waals surface area contributed by atoms with E-state index in [1.54, 1.807) is 4.90 Å². The number of carbonyl (C=O) groups excluding carboxylic acids is 1. The van der Waals surface area contributed by atoms with Gasteiger partial charge in [0.15, 0.2) is 0 Å². The standard InChI is InChI=1S/C5H10N2O.C2H4O2.ClH/c8-5-7-3-1-6-2-4-7;1-2(3)4;/h5-6H,1-4H2;1H3,(H,3,4);1H. The van der Waals surface area contributed by atoms with Crippen molar-refractivity contribution in [3.63, 3.8) is 0 Å². The van der Waals surface area contributed by atoms with Gasteiger partial charge in [0, 0.05) is 33.1 Å². The van der Waals surface area contributed by atoms with Crippen LogP contribution in [0.15, 0.2) is 0 Å². The number of rotatable bonds is 1. The molecule has 1 amide bonds. The minimum atomic E-state index is -0.833. The Hall–Kier alpha value is -0.810. The molecule has 1 fully saturated rings. The molecule has 0 aromatic heterocycles. The van der Waals surface area contributed by atoms with Gasteiger partial charge in [-0.15, -0.1) is 12.4 Å². The summed E-state index contributed by atoms with van der Waals surface area (Å²) in [6, 6.07) is 0. The topological polar surface area (TPSA) is 69.6 Å². The summed E-state index contributed by atoms with van der Waals surface area (Å²) in [6.45, 7) is 4.70. The lowest BCUT2D eigenvalue weighted by Gasteiger charge is -2.22. The number of nitrogens with zero attached hydrogens (tertiary/aromatic N) is 1. The fourth-order valence-electron chi connectivity index (χ4n) is 0.788. The zero-order valence-electron chi connectivity index (χ0n) is 7.52. The van der Waals surface area contributed by atoms with E-state index in [1.807, 2.05) is 0 Å². The molecule has 0 saturated carbocycles. The smallest absolute Gasteiger partial charge is 0.300 e. The van der Waals surface area contributed by atoms with Gasteiger partial charge in [0.1, 0.15) is 0 Å². The van der Waals surface area contributed by atoms with Crippen molar-refractivity contribution in [3.8, 4) is 0 Å². The first-order valence-corrected chi connectivity index (χ1v) is 3.76. The van der Waals surface area contributed by atoms with Crippen molar-refractivity contribution in [1.82, 2.24) is 10.2 Å². The summed E-state index contributed by atoms with van der Waals surface area (Å²) >= 11 is 0. The highest BCUT2D eigenvalue weighted by molar-refractivity contribution is 5.85. The van der Waals surface area contributed by atoms with Crippen molar-refractivity contribution in [2.75, 3.05) is 26.2 Å². The van der Waals surface area contributed by atoms with Crippen molar-refractivity contribution in [1.29, 1.82) is 0 Å². The molecule has 0 spiro atoms. The lowest BCUT2D eigenvalue weighted by Crippen LogP contribution is -2.42. The molecule has 0 atom stereocenters. The van der Waals surface area contributed by atoms with Crippen molar-refractivity contribution in [3.05, 3.63) is 0 Å². The fourth-order valence-corrected chi connectivity index (χ4v) is 0.788. The van der Waals surface area contributed by atoms with Gasteiger partial charge >= 0.3 is 0 Å². The van der Waals surface area contributed by atoms with E-state index in [-0.39, 0.29) is 12.4 Å². The van der Waals surface area contributed by atoms with E-state index in [4.69, 9.17) is 9.90 Å². The first kappa shape index (κ1) is 14.7. The van der Waals surface area contributed by atoms with Crippen LogP contribution < -0.4 is 5.32 Å². The monoisotopic (exact) mass is 210 g/mol. The SMILES string of the molecule is CC(=O)O.Cl.O=CN1CCNCC1. The van der Waals surface area contributed by atoms with Gasteiger partial charge in [-0.2, -0.15) is 0 Å². The molecule has 0 aromatic rings. The number of halogens is 1. The van der Waals surface area contributed by atoms with Crippen LogP contribution in [0.2, 0.25) is 0 Å². The Bertz CT molecular complexity index is 145. The third-order valence-corrected chi connectivity index (χ3v) is 1.30. The Labute approximate surface area is 83.5 Å². The Balaban J connectivity index is 0. The van der Waals surface area contributed by atoms with Gasteiger partial charge < -0.3 is 15.3 Å². The lowest BCUT2D eigenvalue weighted by atomic mass is 10.4. The second kappa shape index (κ2) is 9.28. The number of carboxylic acid groups (broad SMARTS) is 1. The highest BCUT2D eigenvalue weighted by Gasteiger charge is 2.04. The largest absolute Gasteiger partial charge is 0.481 e. The average molecular weight is 211 g/mol. The van der Waals surface area contributed by atoms with Gasteiger partial charge in [0.25, 0.3) is 5.97 Å². The number of hydrogen-bond donors (Lipinski definition) is 2. The van der Waals surface area contributed by atoms with Crippen LogP contribution in [0.4, 0.5) is 0 Å². The number of hydrogen-bond acceptors (Lipinski definition) is 3. The van der Waals surface area contributed by atoms with Gasteiger partial charge in [-0.1, -0.05) is 0 Å². The van der Waals surface area contributed by atoms with Crippen molar-refractivity contribution in [2.45, 2.75) is 6.92 Å². The highest BCUT2D eigenvalue weighted by Crippen LogP contribution is 1.84. The van der Waals surface area contributed by atoms with E-state index in [1.165, 1.54) is 0 Å². The molecule has 13 heavy (non-hydrogen) atoms. The molecule has 78 valence electrons. The summed E-state index contributed by atoms with van der Waals surface area (Å²) in [7, 11) is 0. The van der Waals surface area contributed by atoms with Crippen LogP contribution in [0.25, 0.3) is 0 Å². The third-order valence-electron chi connectivity index (χ3n) is 1.30. The summed E-state index contributed by atoms with van der Waals surface area (Å²) in [5, 5.41) is 10.6. The number of piperazine rings is 1. The van der Waals surface area contributed by atoms with E-state index in [0.29, 0.717) is 0 Å². The maximum absolute atomic E-state index is 10.1. The van der Waals surface area contributed by atoms with Crippen LogP contribution in [-0.2, 0) is 9.59 Å². The second-order valence-corrected chi connectivity index (χ2v) is 2.41. The van der Waals surface area contributed by atoms with E-state index in [9.17, 15) is 4.79 Å². The zero-order valence-corrected chi connectivity index (χ0v) is 8.34. The molecule has 6 heteroatoms. The lowest BCUT2D eigenvalue weighted by molar-refractivity contribution is -0.134. The van der Waals surface area contributed by atoms with E-state index in [0.717, 1.165) is 39.5 Å². The Morgan fingerprint density at radius 1 is 1.46 bits per heavy atom. The van der Waals surface area contributed by atoms with Crippen molar-refractivity contribution < 1.29 is 14.7 Å². The molecule has 2 N–H and O–H groups in total. The number of carboxylic acids is 1. The maximum Gasteiger partial charge on any atom is 0.300 e. The predicted octanol–water partition coefficient (Wildman–Crippen LogP) is -0.439. The molecule has 1 saturated heterocycles. The first-order chi connectivity index (χ1) is 5.66. The van der Waals surface area contributed by atoms with Crippen LogP contribution in [0.1, 0.15) is 6.92 Å². The molecular formula is C7H15ClN2O3. The van der Waals surface area contributed by atoms with Crippen molar-refractivity contribution >= 4 is 24.8 Å². The van der Waals surface area contributed by atoms with Gasteiger partial charge in [-0.25, -0.2) is 0 Å². The van der Waals surface area contributed by atoms with E-state index < -0.39 is 5.97 Å². The Kier molecular flexibility index (Phi) is 10.5. The zero-order chi connectivity index (χ0) is 9.40. The Morgan fingerprint density at radius 2 is 1.85 bits per heavy atom. The van der Waals surface area contributed by atoms with Crippen LogP contribution in [0.3, 0.4) is 0 Å². The molecule has 1 heterocycles. The van der Waals surface area contributed by atoms with Crippen LogP contribution >= 0.6 is 12.4 Å². The first-order valence-electron chi connectivity index (χ1n) is 3.76. The fraction of sp³-hybridized carbons (Fsp3) is 0.714. The molecule has 0 unspecified atom stereocenters. The number of aliphatic carboxylic acids is 1. The Morgan fingerprint density at radius 3 is 2.08 bits per heavy atom. The van der Waals surface area contributed by atoms with Crippen LogP contribution in [0, 0.1) is 0 Å². The number of nitrogens with one attached hydrogen (secondary N) is 1. The molecule has 0 bridgehead atoms. The maximum atomic E-state index is 10.1. The molecule has 0 aromatic carbocycles. The number of carbonyl (C=O) groups is 2. The molecule has 1 rings (SSSR count). The van der Waals surface area contributed by atoms with Crippen molar-refractivity contribution in [2.24, 2.45) is 0 Å². The van der Waals surface area contributed by atoms with Gasteiger partial charge in [0.05, 0.1) is 0 Å². The molecule has 0 aliphatic carbocycles. The quantitative estimate of drug-likeness (QED) is 0.576. The highest BCUT2D eigenvalue weighted by atomic mass is 35.5. The molecular weight excluding hydrogens is 196 g/mol. The van der Waals surface area contributed by atoms with Crippen LogP contribution in [0.5, 0.6) is 0 Å². The summed E-state index contributed by atoms with van der Waals surface area (Å²) in [5.74, 6) is -0.833. The molecule has 1 aliphatic rings. The van der Waals surface area contributed by atoms with Gasteiger partial charge in [0.2, 0.25) is 6.41 Å². The summed E-state index contributed by atoms with van der Waals surface area (Å²) < 4.78 is 0. The van der Waals surface area contributed by atoms with Crippen LogP contribution in [-0.4, -0.2) is 48.6 Å². The molecule has 5 nitrogen and oxygen atoms in total. The normalized spacial score (nSPS) is 14.7. The average Bonchev–Trinajstić information content (AvgIpc) is 2.05. The summed E-state index contributed by atoms with van der Waals surface area (Å²) in [4.78, 5) is 20.8. The number of amides is 1. The summed E-state index contributed by atoms with van der Waals surface area (Å²) in [5.41, 5.74) is 0. The van der Waals surface area contributed by atoms with E-state index in [2.05, 4.69) is 5.32 Å². The predicted molar refractivity (Wildman–Crippen MR) is 51.1 cm³/mol. The van der Waals surface area contributed by atoms with E-state index >= 15 is 0 Å². The minimum Gasteiger partial charge on any atom is -0.481 e. The second-order valence-electron chi connectivity index (χ2n) is 2.41. The molecule has 1 aliphatic heterocycles.